The van der Waals surface area contributed by atoms with Crippen LogP contribution in [0.1, 0.15) is 33.1 Å². The summed E-state index contributed by atoms with van der Waals surface area (Å²) in [4.78, 5) is 0. The monoisotopic (exact) mass is 194 g/mol. The third kappa shape index (κ3) is 31.6. The fourth-order valence-electron chi connectivity index (χ4n) is 0.354. The van der Waals surface area contributed by atoms with Crippen LogP contribution in [0.25, 0.3) is 0 Å². The fourth-order valence-corrected chi connectivity index (χ4v) is 0.354. The molecule has 2 nitrogen and oxygen atoms in total. The van der Waals surface area contributed by atoms with E-state index in [1.165, 1.54) is 19.3 Å². The number of unbranched alkanes of at least 4 members (excludes halogenated alkanes) is 2. The summed E-state index contributed by atoms with van der Waals surface area (Å²) in [5, 5.41) is 0. The van der Waals surface area contributed by atoms with Crippen molar-refractivity contribution in [1.82, 2.24) is 0 Å². The number of hydrogen-bond donors (Lipinski definition) is 0. The zero-order valence-electron chi connectivity index (χ0n) is 5.44. The van der Waals surface area contributed by atoms with Gasteiger partial charge in [-0.1, -0.05) is 33.1 Å². The van der Waals surface area contributed by atoms with Crippen LogP contribution in [-0.2, 0) is 28.9 Å². The van der Waals surface area contributed by atoms with Crippen molar-refractivity contribution < 1.29 is 28.9 Å². The van der Waals surface area contributed by atoms with E-state index < -0.39 is 23.2 Å². The molecule has 0 amide bonds. The summed E-state index contributed by atoms with van der Waals surface area (Å²) < 4.78 is 17.1. The van der Waals surface area contributed by atoms with Crippen LogP contribution < -0.4 is 0 Å². The van der Waals surface area contributed by atoms with Crippen LogP contribution in [0.5, 0.6) is 0 Å². The quantitative estimate of drug-likeness (QED) is 0.675. The molecule has 0 aliphatic rings. The van der Waals surface area contributed by atoms with Gasteiger partial charge in [-0.3, -0.25) is 0 Å². The molecular weight excluding hydrogens is 183 g/mol. The Morgan fingerprint density at radius 1 is 1.12 bits per heavy atom. The molecule has 0 heterocycles. The average Bonchev–Trinajstić information content (AvgIpc) is 1.71. The van der Waals surface area contributed by atoms with Crippen molar-refractivity contribution in [2.75, 3.05) is 0 Å². The molecule has 48 valence electrons. The Morgan fingerprint density at radius 2 is 1.38 bits per heavy atom. The SMILES string of the molecule is CCCCC.[O]=[Zr]=[O]. The first-order valence-electron chi connectivity index (χ1n) is 2.82. The molecule has 0 unspecified atom stereocenters. The Morgan fingerprint density at radius 3 is 1.38 bits per heavy atom. The van der Waals surface area contributed by atoms with E-state index in [2.05, 4.69) is 13.8 Å². The van der Waals surface area contributed by atoms with Crippen molar-refractivity contribution >= 4 is 0 Å². The summed E-state index contributed by atoms with van der Waals surface area (Å²) in [6.07, 6.45) is 4.08. The van der Waals surface area contributed by atoms with E-state index in [9.17, 15) is 0 Å². The van der Waals surface area contributed by atoms with Crippen molar-refractivity contribution in [2.45, 2.75) is 33.1 Å². The molecule has 0 aliphatic heterocycles. The molecule has 0 N–H and O–H groups in total. The van der Waals surface area contributed by atoms with Gasteiger partial charge in [0.15, 0.2) is 0 Å². The maximum absolute atomic E-state index is 8.54. The van der Waals surface area contributed by atoms with Crippen molar-refractivity contribution in [3.05, 3.63) is 0 Å². The molecule has 0 rings (SSSR count). The normalized spacial score (nSPS) is 6.25. The van der Waals surface area contributed by atoms with Gasteiger partial charge in [0.2, 0.25) is 0 Å². The summed E-state index contributed by atoms with van der Waals surface area (Å²) in [6, 6.07) is 0. The molecular formula is C5H12O2Zr. The van der Waals surface area contributed by atoms with Crippen LogP contribution >= 0.6 is 0 Å². The van der Waals surface area contributed by atoms with Gasteiger partial charge in [0, 0.05) is 0 Å². The molecule has 3 heteroatoms. The van der Waals surface area contributed by atoms with Gasteiger partial charge < -0.3 is 0 Å². The minimum atomic E-state index is -2.27. The van der Waals surface area contributed by atoms with E-state index in [1.54, 1.807) is 0 Å². The van der Waals surface area contributed by atoms with E-state index >= 15 is 0 Å². The van der Waals surface area contributed by atoms with Gasteiger partial charge in [-0.25, -0.2) is 0 Å². The number of hydrogen-bond acceptors (Lipinski definition) is 2. The van der Waals surface area contributed by atoms with E-state index in [0.29, 0.717) is 0 Å². The molecule has 0 aromatic rings. The summed E-state index contributed by atoms with van der Waals surface area (Å²) >= 11 is -2.27. The van der Waals surface area contributed by atoms with Crippen LogP contribution in [0.3, 0.4) is 0 Å². The van der Waals surface area contributed by atoms with Gasteiger partial charge in [-0.15, -0.1) is 0 Å². The molecule has 0 bridgehead atoms. The molecule has 0 saturated carbocycles. The van der Waals surface area contributed by atoms with E-state index in [1.807, 2.05) is 0 Å². The van der Waals surface area contributed by atoms with Gasteiger partial charge in [0.1, 0.15) is 0 Å². The molecule has 0 spiro atoms. The Labute approximate surface area is 62.1 Å². The summed E-state index contributed by atoms with van der Waals surface area (Å²) in [6.45, 7) is 4.42. The van der Waals surface area contributed by atoms with E-state index in [-0.39, 0.29) is 0 Å². The molecule has 0 fully saturated rings. The summed E-state index contributed by atoms with van der Waals surface area (Å²) in [5.41, 5.74) is 0. The molecule has 8 heavy (non-hydrogen) atoms. The van der Waals surface area contributed by atoms with Gasteiger partial charge in [0.05, 0.1) is 0 Å². The standard InChI is InChI=1S/C5H12.2O.Zr/c1-3-5-4-2;;;/h3-5H2,1-2H3;;;. The van der Waals surface area contributed by atoms with Crippen LogP contribution in [0.15, 0.2) is 0 Å². The molecule has 0 aromatic carbocycles. The molecule has 0 radical (unpaired) electrons. The van der Waals surface area contributed by atoms with Gasteiger partial charge in [0.25, 0.3) is 0 Å². The zero-order valence-corrected chi connectivity index (χ0v) is 7.90. The van der Waals surface area contributed by atoms with Crippen LogP contribution in [0.2, 0.25) is 0 Å². The predicted molar refractivity (Wildman–Crippen MR) is 26.6 cm³/mol. The Bertz CT molecular complexity index is 55.4. The Kier molecular flexibility index (Phi) is 22.1. The van der Waals surface area contributed by atoms with Crippen LogP contribution in [-0.4, -0.2) is 0 Å². The topological polar surface area (TPSA) is 34.1 Å². The molecule has 0 aromatic heterocycles. The van der Waals surface area contributed by atoms with Crippen molar-refractivity contribution in [3.8, 4) is 0 Å². The van der Waals surface area contributed by atoms with Crippen molar-refractivity contribution in [2.24, 2.45) is 0 Å². The summed E-state index contributed by atoms with van der Waals surface area (Å²) in [7, 11) is 0. The van der Waals surface area contributed by atoms with Crippen molar-refractivity contribution in [1.29, 1.82) is 0 Å². The second-order valence-corrected chi connectivity index (χ2v) is 1.85. The average molecular weight is 195 g/mol. The van der Waals surface area contributed by atoms with Crippen LogP contribution in [0, 0.1) is 0 Å². The Balaban J connectivity index is 0. The third-order valence-corrected chi connectivity index (χ3v) is 0.707. The summed E-state index contributed by atoms with van der Waals surface area (Å²) in [5.74, 6) is 0. The van der Waals surface area contributed by atoms with Gasteiger partial charge in [-0.05, 0) is 0 Å². The predicted octanol–water partition coefficient (Wildman–Crippen LogP) is 1.96. The first-order chi connectivity index (χ1) is 3.83. The van der Waals surface area contributed by atoms with E-state index in [4.69, 9.17) is 5.63 Å². The number of rotatable bonds is 2. The Hall–Kier alpha value is 0.483. The fraction of sp³-hybridized carbons (Fsp3) is 1.00. The second-order valence-electron chi connectivity index (χ2n) is 1.44. The van der Waals surface area contributed by atoms with Crippen molar-refractivity contribution in [3.63, 3.8) is 0 Å². The van der Waals surface area contributed by atoms with Gasteiger partial charge >= 0.3 is 28.9 Å². The minimum absolute atomic E-state index is 1.34. The maximum atomic E-state index is 8.54. The first-order valence-corrected chi connectivity index (χ1v) is 4.83. The first kappa shape index (κ1) is 11.3. The van der Waals surface area contributed by atoms with E-state index in [0.717, 1.165) is 0 Å². The van der Waals surface area contributed by atoms with Crippen LogP contribution in [0.4, 0.5) is 0 Å². The zero-order chi connectivity index (χ0) is 6.83. The molecule has 0 atom stereocenters. The molecule has 0 saturated heterocycles. The second kappa shape index (κ2) is 15.6. The van der Waals surface area contributed by atoms with Gasteiger partial charge in [-0.2, -0.15) is 0 Å². The molecule has 0 aliphatic carbocycles. The third-order valence-electron chi connectivity index (χ3n) is 0.707.